The summed E-state index contributed by atoms with van der Waals surface area (Å²) in [6.07, 6.45) is 0. The van der Waals surface area contributed by atoms with Crippen LogP contribution in [0.4, 0.5) is 5.69 Å². The van der Waals surface area contributed by atoms with Gasteiger partial charge in [-0.2, -0.15) is 0 Å². The van der Waals surface area contributed by atoms with E-state index in [1.807, 2.05) is 0 Å². The SMILES string of the molecule is COc1cccc(C(=O)COC(=O)c2cc(-c3ccc(N4C(=O)c5ccccc5C4=O)cc3)nc3c(Cl)cccc23)c1. The number of carbonyl (C=O) groups excluding carboxylic acids is 4. The number of rotatable bonds is 7. The van der Waals surface area contributed by atoms with Crippen LogP contribution in [0.15, 0.2) is 97.1 Å². The van der Waals surface area contributed by atoms with E-state index in [1.54, 1.807) is 97.1 Å². The molecule has 0 saturated carbocycles. The highest BCUT2D eigenvalue weighted by molar-refractivity contribution is 6.35. The van der Waals surface area contributed by atoms with E-state index in [9.17, 15) is 19.2 Å². The number of imide groups is 1. The molecule has 0 saturated heterocycles. The van der Waals surface area contributed by atoms with Crippen molar-refractivity contribution in [3.63, 3.8) is 0 Å². The molecule has 4 aromatic carbocycles. The first-order valence-corrected chi connectivity index (χ1v) is 13.3. The Morgan fingerprint density at radius 3 is 2.21 bits per heavy atom. The van der Waals surface area contributed by atoms with Gasteiger partial charge in [0, 0.05) is 16.5 Å². The summed E-state index contributed by atoms with van der Waals surface area (Å²) in [5, 5.41) is 0.797. The molecule has 0 spiro atoms. The van der Waals surface area contributed by atoms with Crippen molar-refractivity contribution in [3.8, 4) is 17.0 Å². The van der Waals surface area contributed by atoms with Crippen LogP contribution in [0, 0.1) is 0 Å². The average molecular weight is 577 g/mol. The third-order valence-electron chi connectivity index (χ3n) is 6.95. The Hall–Kier alpha value is -5.34. The molecule has 0 bridgehead atoms. The monoisotopic (exact) mass is 576 g/mol. The second-order valence-corrected chi connectivity index (χ2v) is 9.87. The Labute approximate surface area is 245 Å². The van der Waals surface area contributed by atoms with Crippen molar-refractivity contribution in [1.29, 1.82) is 0 Å². The summed E-state index contributed by atoms with van der Waals surface area (Å²) in [4.78, 5) is 57.6. The number of pyridine rings is 1. The molecule has 2 heterocycles. The van der Waals surface area contributed by atoms with Gasteiger partial charge in [-0.15, -0.1) is 0 Å². The molecule has 0 unspecified atom stereocenters. The van der Waals surface area contributed by atoms with Crippen LogP contribution < -0.4 is 9.64 Å². The lowest BCUT2D eigenvalue weighted by Gasteiger charge is -2.15. The summed E-state index contributed by atoms with van der Waals surface area (Å²) in [5.74, 6) is -1.38. The zero-order valence-electron chi connectivity index (χ0n) is 22.2. The number of nitrogens with zero attached hydrogens (tertiary/aromatic N) is 2. The van der Waals surface area contributed by atoms with Gasteiger partial charge in [0.25, 0.3) is 11.8 Å². The van der Waals surface area contributed by atoms with Crippen molar-refractivity contribution in [2.45, 2.75) is 0 Å². The van der Waals surface area contributed by atoms with E-state index in [2.05, 4.69) is 4.98 Å². The van der Waals surface area contributed by atoms with Crippen LogP contribution in [0.25, 0.3) is 22.2 Å². The second kappa shape index (κ2) is 10.9. The first kappa shape index (κ1) is 26.9. The smallest absolute Gasteiger partial charge is 0.339 e. The van der Waals surface area contributed by atoms with Gasteiger partial charge < -0.3 is 9.47 Å². The second-order valence-electron chi connectivity index (χ2n) is 9.46. The van der Waals surface area contributed by atoms with Gasteiger partial charge in [-0.3, -0.25) is 14.4 Å². The molecule has 42 heavy (non-hydrogen) atoms. The number of benzene rings is 4. The summed E-state index contributed by atoms with van der Waals surface area (Å²) in [5.41, 5.74) is 3.04. The number of ketones is 1. The van der Waals surface area contributed by atoms with Gasteiger partial charge in [-0.1, -0.05) is 60.1 Å². The number of methoxy groups -OCH3 is 1. The quantitative estimate of drug-likeness (QED) is 0.125. The minimum atomic E-state index is -0.718. The lowest BCUT2D eigenvalue weighted by molar-refractivity contribution is 0.0476. The summed E-state index contributed by atoms with van der Waals surface area (Å²) in [7, 11) is 1.50. The third-order valence-corrected chi connectivity index (χ3v) is 7.26. The minimum Gasteiger partial charge on any atom is -0.497 e. The maximum atomic E-state index is 13.3. The number of hydrogen-bond donors (Lipinski definition) is 0. The zero-order valence-corrected chi connectivity index (χ0v) is 22.9. The van der Waals surface area contributed by atoms with E-state index in [4.69, 9.17) is 21.1 Å². The summed E-state index contributed by atoms with van der Waals surface area (Å²) in [6, 6.07) is 26.5. The largest absolute Gasteiger partial charge is 0.497 e. The molecule has 9 heteroatoms. The third kappa shape index (κ3) is 4.78. The minimum absolute atomic E-state index is 0.181. The van der Waals surface area contributed by atoms with Crippen LogP contribution in [0.1, 0.15) is 41.4 Å². The van der Waals surface area contributed by atoms with Gasteiger partial charge in [0.1, 0.15) is 5.75 Å². The van der Waals surface area contributed by atoms with Gasteiger partial charge in [-0.25, -0.2) is 14.7 Å². The van der Waals surface area contributed by atoms with Crippen LogP contribution in [-0.2, 0) is 4.74 Å². The number of ether oxygens (including phenoxy) is 2. The Morgan fingerprint density at radius 2 is 1.52 bits per heavy atom. The highest BCUT2D eigenvalue weighted by Crippen LogP contribution is 2.33. The molecule has 0 N–H and O–H groups in total. The number of para-hydroxylation sites is 1. The van der Waals surface area contributed by atoms with Crippen LogP contribution in [0.5, 0.6) is 5.75 Å². The molecule has 5 aromatic rings. The van der Waals surface area contributed by atoms with E-state index in [-0.39, 0.29) is 11.3 Å². The van der Waals surface area contributed by atoms with Gasteiger partial charge in [-0.05, 0) is 48.5 Å². The van der Waals surface area contributed by atoms with E-state index in [1.165, 1.54) is 7.11 Å². The van der Waals surface area contributed by atoms with Crippen LogP contribution in [-0.4, -0.2) is 42.3 Å². The molecule has 2 amide bonds. The number of hydrogen-bond acceptors (Lipinski definition) is 7. The molecule has 8 nitrogen and oxygen atoms in total. The molecule has 1 aliphatic rings. The highest BCUT2D eigenvalue weighted by Gasteiger charge is 2.36. The van der Waals surface area contributed by atoms with E-state index >= 15 is 0 Å². The Kier molecular flexibility index (Phi) is 6.98. The maximum Gasteiger partial charge on any atom is 0.339 e. The van der Waals surface area contributed by atoms with E-state index in [0.29, 0.717) is 55.3 Å². The van der Waals surface area contributed by atoms with E-state index in [0.717, 1.165) is 4.90 Å². The highest BCUT2D eigenvalue weighted by atomic mass is 35.5. The summed E-state index contributed by atoms with van der Waals surface area (Å²) < 4.78 is 10.6. The van der Waals surface area contributed by atoms with Crippen LogP contribution >= 0.6 is 11.6 Å². The standard InChI is InChI=1S/C33H21ClN2O6/c1-41-22-7-4-6-20(16-22)29(37)18-42-33(40)26-17-28(35-30-23(26)10-5-11-27(30)34)19-12-14-21(15-13-19)36-31(38)24-8-2-3-9-25(24)32(36)39/h2-17H,18H2,1H3. The first-order chi connectivity index (χ1) is 20.4. The van der Waals surface area contributed by atoms with Crippen molar-refractivity contribution in [3.05, 3.63) is 124 Å². The maximum absolute atomic E-state index is 13.3. The van der Waals surface area contributed by atoms with E-state index < -0.39 is 24.4 Å². The molecule has 0 atom stereocenters. The lowest BCUT2D eigenvalue weighted by Crippen LogP contribution is -2.29. The van der Waals surface area contributed by atoms with Gasteiger partial charge >= 0.3 is 5.97 Å². The zero-order chi connectivity index (χ0) is 29.4. The van der Waals surface area contributed by atoms with Gasteiger partial charge in [0.2, 0.25) is 0 Å². The Balaban J connectivity index is 1.29. The predicted molar refractivity (Wildman–Crippen MR) is 157 cm³/mol. The number of esters is 1. The fourth-order valence-corrected chi connectivity index (χ4v) is 5.04. The Bertz CT molecular complexity index is 1880. The van der Waals surface area contributed by atoms with Crippen molar-refractivity contribution in [2.24, 2.45) is 0 Å². The number of carbonyl (C=O) groups is 4. The molecule has 0 radical (unpaired) electrons. The van der Waals surface area contributed by atoms with Crippen LogP contribution in [0.2, 0.25) is 5.02 Å². The fraction of sp³-hybridized carbons (Fsp3) is 0.0606. The summed E-state index contributed by atoms with van der Waals surface area (Å²) >= 11 is 6.45. The van der Waals surface area contributed by atoms with Gasteiger partial charge in [0.15, 0.2) is 12.4 Å². The Morgan fingerprint density at radius 1 is 0.833 bits per heavy atom. The van der Waals surface area contributed by atoms with Crippen molar-refractivity contribution in [2.75, 3.05) is 18.6 Å². The lowest BCUT2D eigenvalue weighted by atomic mass is 10.0. The number of halogens is 1. The number of aromatic nitrogens is 1. The molecule has 206 valence electrons. The van der Waals surface area contributed by atoms with Crippen molar-refractivity contribution in [1.82, 2.24) is 4.98 Å². The van der Waals surface area contributed by atoms with Crippen molar-refractivity contribution >= 4 is 51.8 Å². The van der Waals surface area contributed by atoms with Crippen LogP contribution in [0.3, 0.4) is 0 Å². The number of amides is 2. The number of fused-ring (bicyclic) bond motifs is 2. The topological polar surface area (TPSA) is 103 Å². The number of Topliss-reactive ketones (excluding diaryl/α,β-unsaturated/α-hetero) is 1. The average Bonchev–Trinajstić information content (AvgIpc) is 3.28. The first-order valence-electron chi connectivity index (χ1n) is 12.9. The van der Waals surface area contributed by atoms with Crippen molar-refractivity contribution < 1.29 is 28.7 Å². The molecular weight excluding hydrogens is 556 g/mol. The molecular formula is C33H21ClN2O6. The molecule has 0 fully saturated rings. The molecule has 1 aliphatic heterocycles. The fourth-order valence-electron chi connectivity index (χ4n) is 4.82. The number of anilines is 1. The predicted octanol–water partition coefficient (Wildman–Crippen LogP) is 6.40. The molecule has 6 rings (SSSR count). The summed E-state index contributed by atoms with van der Waals surface area (Å²) in [6.45, 7) is -0.472. The normalized spacial score (nSPS) is 12.4. The van der Waals surface area contributed by atoms with Gasteiger partial charge in [0.05, 0.1) is 45.7 Å². The molecule has 0 aliphatic carbocycles. The molecule has 1 aromatic heterocycles.